The van der Waals surface area contributed by atoms with Gasteiger partial charge < -0.3 is 10.1 Å². The van der Waals surface area contributed by atoms with Crippen LogP contribution in [0.1, 0.15) is 32.4 Å². The highest BCUT2D eigenvalue weighted by Gasteiger charge is 2.10. The van der Waals surface area contributed by atoms with Crippen molar-refractivity contribution in [1.29, 1.82) is 0 Å². The van der Waals surface area contributed by atoms with E-state index in [4.69, 9.17) is 4.74 Å². The second-order valence-electron chi connectivity index (χ2n) is 3.92. The summed E-state index contributed by atoms with van der Waals surface area (Å²) in [5.74, 6) is 0.902. The van der Waals surface area contributed by atoms with Crippen LogP contribution in [0.2, 0.25) is 0 Å². The molecular formula is C13H22N2O. The Morgan fingerprint density at radius 3 is 2.88 bits per heavy atom. The van der Waals surface area contributed by atoms with Crippen LogP contribution in [-0.4, -0.2) is 24.2 Å². The number of ether oxygens (including phenoxy) is 1. The third-order valence-corrected chi connectivity index (χ3v) is 2.48. The van der Waals surface area contributed by atoms with E-state index in [9.17, 15) is 0 Å². The van der Waals surface area contributed by atoms with Crippen molar-refractivity contribution in [3.63, 3.8) is 0 Å². The molecule has 0 spiro atoms. The largest absolute Gasteiger partial charge is 0.487 e. The molecule has 0 saturated carbocycles. The van der Waals surface area contributed by atoms with Crippen LogP contribution in [-0.2, 0) is 0 Å². The van der Waals surface area contributed by atoms with Crippen molar-refractivity contribution in [2.75, 3.05) is 13.1 Å². The molecule has 3 heteroatoms. The number of aromatic nitrogens is 1. The predicted molar refractivity (Wildman–Crippen MR) is 66.8 cm³/mol. The summed E-state index contributed by atoms with van der Waals surface area (Å²) in [6.07, 6.45) is 4.24. The van der Waals surface area contributed by atoms with Gasteiger partial charge in [-0.1, -0.05) is 20.3 Å². The van der Waals surface area contributed by atoms with E-state index < -0.39 is 0 Å². The van der Waals surface area contributed by atoms with Gasteiger partial charge >= 0.3 is 0 Å². The topological polar surface area (TPSA) is 34.1 Å². The highest BCUT2D eigenvalue weighted by molar-refractivity contribution is 5.25. The van der Waals surface area contributed by atoms with Crippen LogP contribution in [0.3, 0.4) is 0 Å². The van der Waals surface area contributed by atoms with E-state index in [-0.39, 0.29) is 6.10 Å². The van der Waals surface area contributed by atoms with Gasteiger partial charge in [-0.15, -0.1) is 0 Å². The lowest BCUT2D eigenvalue weighted by Gasteiger charge is -2.19. The predicted octanol–water partition coefficient (Wildman–Crippen LogP) is 2.55. The second-order valence-corrected chi connectivity index (χ2v) is 3.92. The third kappa shape index (κ3) is 4.19. The van der Waals surface area contributed by atoms with Crippen molar-refractivity contribution < 1.29 is 4.74 Å². The first-order chi connectivity index (χ1) is 7.77. The Morgan fingerprint density at radius 1 is 1.44 bits per heavy atom. The molecule has 1 atom stereocenters. The number of nitrogens with zero attached hydrogens (tertiary/aromatic N) is 1. The van der Waals surface area contributed by atoms with Gasteiger partial charge in [-0.25, -0.2) is 0 Å². The maximum Gasteiger partial charge on any atom is 0.140 e. The number of likely N-dealkylation sites (N-methyl/N-ethyl adjacent to an activating group) is 1. The second kappa shape index (κ2) is 7.23. The summed E-state index contributed by atoms with van der Waals surface area (Å²) in [5.41, 5.74) is 0.958. The van der Waals surface area contributed by atoms with E-state index in [0.717, 1.165) is 37.4 Å². The smallest absolute Gasteiger partial charge is 0.140 e. The molecule has 1 aromatic heterocycles. The normalized spacial score (nSPS) is 12.4. The van der Waals surface area contributed by atoms with Gasteiger partial charge in [0.15, 0.2) is 0 Å². The summed E-state index contributed by atoms with van der Waals surface area (Å²) in [6.45, 7) is 8.15. The van der Waals surface area contributed by atoms with Crippen molar-refractivity contribution in [1.82, 2.24) is 10.3 Å². The summed E-state index contributed by atoms with van der Waals surface area (Å²) in [5, 5.41) is 3.33. The number of hydrogen-bond donors (Lipinski definition) is 1. The number of pyridine rings is 1. The van der Waals surface area contributed by atoms with E-state index in [1.165, 1.54) is 0 Å². The minimum atomic E-state index is 0.243. The molecule has 16 heavy (non-hydrogen) atoms. The number of aryl methyl sites for hydroxylation is 1. The van der Waals surface area contributed by atoms with Gasteiger partial charge in [-0.2, -0.15) is 0 Å². The Bertz CT molecular complexity index is 302. The molecule has 0 aromatic carbocycles. The minimum absolute atomic E-state index is 0.243. The zero-order valence-corrected chi connectivity index (χ0v) is 10.5. The first kappa shape index (κ1) is 13.0. The van der Waals surface area contributed by atoms with E-state index in [0.29, 0.717) is 0 Å². The van der Waals surface area contributed by atoms with Gasteiger partial charge in [-0.3, -0.25) is 4.98 Å². The third-order valence-electron chi connectivity index (χ3n) is 2.48. The standard InChI is InChI=1S/C13H22N2O/c1-4-7-12(10-14-5-2)16-13-8-6-9-15-11(13)3/h6,8-9,12,14H,4-5,7,10H2,1-3H3. The Balaban J connectivity index is 2.56. The molecule has 0 aliphatic carbocycles. The van der Waals surface area contributed by atoms with Gasteiger partial charge in [0, 0.05) is 12.7 Å². The Kier molecular flexibility index (Phi) is 5.86. The first-order valence-electron chi connectivity index (χ1n) is 6.06. The average molecular weight is 222 g/mol. The van der Waals surface area contributed by atoms with Crippen LogP contribution < -0.4 is 10.1 Å². The molecule has 0 fully saturated rings. The molecule has 1 heterocycles. The highest BCUT2D eigenvalue weighted by atomic mass is 16.5. The van der Waals surface area contributed by atoms with Crippen molar-refractivity contribution in [3.8, 4) is 5.75 Å². The first-order valence-corrected chi connectivity index (χ1v) is 6.06. The molecule has 1 N–H and O–H groups in total. The van der Waals surface area contributed by atoms with Crippen LogP contribution in [0, 0.1) is 6.92 Å². The number of rotatable bonds is 7. The van der Waals surface area contributed by atoms with E-state index in [2.05, 4.69) is 24.1 Å². The molecule has 1 aromatic rings. The van der Waals surface area contributed by atoms with Gasteiger partial charge in [0.1, 0.15) is 11.9 Å². The lowest BCUT2D eigenvalue weighted by atomic mass is 10.2. The highest BCUT2D eigenvalue weighted by Crippen LogP contribution is 2.16. The molecule has 3 nitrogen and oxygen atoms in total. The summed E-state index contributed by atoms with van der Waals surface area (Å²) in [4.78, 5) is 4.23. The van der Waals surface area contributed by atoms with E-state index in [1.807, 2.05) is 19.1 Å². The summed E-state index contributed by atoms with van der Waals surface area (Å²) in [6, 6.07) is 3.90. The average Bonchev–Trinajstić information content (AvgIpc) is 2.29. The summed E-state index contributed by atoms with van der Waals surface area (Å²) in [7, 11) is 0. The molecule has 0 bridgehead atoms. The van der Waals surface area contributed by atoms with Crippen LogP contribution in [0.25, 0.3) is 0 Å². The fraction of sp³-hybridized carbons (Fsp3) is 0.615. The molecule has 0 saturated heterocycles. The number of nitrogens with one attached hydrogen (secondary N) is 1. The maximum absolute atomic E-state index is 5.96. The zero-order chi connectivity index (χ0) is 11.8. The fourth-order valence-electron chi connectivity index (χ4n) is 1.60. The zero-order valence-electron chi connectivity index (χ0n) is 10.5. The molecule has 0 aliphatic rings. The van der Waals surface area contributed by atoms with Crippen LogP contribution in [0.15, 0.2) is 18.3 Å². The molecule has 1 unspecified atom stereocenters. The molecule has 90 valence electrons. The van der Waals surface area contributed by atoms with Crippen molar-refractivity contribution >= 4 is 0 Å². The molecule has 1 rings (SSSR count). The SMILES string of the molecule is CCCC(CNCC)Oc1cccnc1C. The lowest BCUT2D eigenvalue weighted by molar-refractivity contribution is 0.185. The van der Waals surface area contributed by atoms with Crippen molar-refractivity contribution in [2.24, 2.45) is 0 Å². The Hall–Kier alpha value is -1.09. The quantitative estimate of drug-likeness (QED) is 0.770. The summed E-state index contributed by atoms with van der Waals surface area (Å²) < 4.78 is 5.96. The van der Waals surface area contributed by atoms with Crippen LogP contribution in [0.4, 0.5) is 0 Å². The van der Waals surface area contributed by atoms with E-state index in [1.54, 1.807) is 6.20 Å². The van der Waals surface area contributed by atoms with Gasteiger partial charge in [0.25, 0.3) is 0 Å². The maximum atomic E-state index is 5.96. The van der Waals surface area contributed by atoms with Gasteiger partial charge in [0.2, 0.25) is 0 Å². The van der Waals surface area contributed by atoms with Gasteiger partial charge in [-0.05, 0) is 32.0 Å². The number of hydrogen-bond acceptors (Lipinski definition) is 3. The lowest BCUT2D eigenvalue weighted by Crippen LogP contribution is -2.31. The van der Waals surface area contributed by atoms with E-state index >= 15 is 0 Å². The molecule has 0 aliphatic heterocycles. The minimum Gasteiger partial charge on any atom is -0.487 e. The Morgan fingerprint density at radius 2 is 2.25 bits per heavy atom. The summed E-state index contributed by atoms with van der Waals surface area (Å²) >= 11 is 0. The molecule has 0 radical (unpaired) electrons. The fourth-order valence-corrected chi connectivity index (χ4v) is 1.60. The molecular weight excluding hydrogens is 200 g/mol. The van der Waals surface area contributed by atoms with Crippen LogP contribution >= 0.6 is 0 Å². The van der Waals surface area contributed by atoms with Gasteiger partial charge in [0.05, 0.1) is 5.69 Å². The van der Waals surface area contributed by atoms with Crippen LogP contribution in [0.5, 0.6) is 5.75 Å². The Labute approximate surface area is 98.2 Å². The monoisotopic (exact) mass is 222 g/mol. The van der Waals surface area contributed by atoms with Crippen molar-refractivity contribution in [2.45, 2.75) is 39.7 Å². The van der Waals surface area contributed by atoms with Crippen molar-refractivity contribution in [3.05, 3.63) is 24.0 Å². The molecule has 0 amide bonds.